The molecule has 0 saturated heterocycles. The van der Waals surface area contributed by atoms with E-state index in [9.17, 15) is 0 Å². The zero-order valence-electron chi connectivity index (χ0n) is 11.6. The van der Waals surface area contributed by atoms with Gasteiger partial charge in [0.2, 0.25) is 0 Å². The number of nitrogens with zero attached hydrogens (tertiary/aromatic N) is 1. The Bertz CT molecular complexity index is 532. The number of methoxy groups -OCH3 is 2. The molecule has 0 aliphatic carbocycles. The highest BCUT2D eigenvalue weighted by atomic mass is 32.1. The Hall–Kier alpha value is -1.59. The van der Waals surface area contributed by atoms with Crippen LogP contribution in [0.15, 0.2) is 24.4 Å². The van der Waals surface area contributed by atoms with Crippen molar-refractivity contribution in [3.8, 4) is 11.5 Å². The minimum atomic E-state index is 0.0928. The number of ether oxygens (including phenoxy) is 2. The largest absolute Gasteiger partial charge is 0.497 e. The van der Waals surface area contributed by atoms with Crippen LogP contribution >= 0.6 is 11.3 Å². The first-order chi connectivity index (χ1) is 9.17. The highest BCUT2D eigenvalue weighted by Crippen LogP contribution is 2.31. The molecule has 0 aliphatic heterocycles. The standard InChI is InChI=1S/C14H18N2O2S/c1-9-16-8-13(19-9)14(15-2)10-5-11(17-3)7-12(6-10)18-4/h5-8,14-15H,1-4H3. The summed E-state index contributed by atoms with van der Waals surface area (Å²) in [5.74, 6) is 1.58. The minimum absolute atomic E-state index is 0.0928. The van der Waals surface area contributed by atoms with Crippen LogP contribution < -0.4 is 14.8 Å². The Balaban J connectivity index is 2.42. The van der Waals surface area contributed by atoms with E-state index >= 15 is 0 Å². The van der Waals surface area contributed by atoms with Gasteiger partial charge in [0.05, 0.1) is 25.3 Å². The average molecular weight is 278 g/mol. The number of benzene rings is 1. The molecule has 0 saturated carbocycles. The van der Waals surface area contributed by atoms with Crippen LogP contribution in [0.5, 0.6) is 11.5 Å². The second-order valence-corrected chi connectivity index (χ2v) is 5.42. The Morgan fingerprint density at radius 1 is 1.16 bits per heavy atom. The maximum absolute atomic E-state index is 5.31. The fraction of sp³-hybridized carbons (Fsp3) is 0.357. The number of thiazole rings is 1. The molecular formula is C14H18N2O2S. The second kappa shape index (κ2) is 6.04. The molecule has 0 spiro atoms. The predicted molar refractivity (Wildman–Crippen MR) is 77.3 cm³/mol. The lowest BCUT2D eigenvalue weighted by molar-refractivity contribution is 0.392. The Labute approximate surface area is 117 Å². The number of aromatic nitrogens is 1. The molecule has 0 bridgehead atoms. The molecule has 1 unspecified atom stereocenters. The van der Waals surface area contributed by atoms with Gasteiger partial charge in [-0.2, -0.15) is 0 Å². The van der Waals surface area contributed by atoms with Crippen molar-refractivity contribution in [2.75, 3.05) is 21.3 Å². The Kier molecular flexibility index (Phi) is 4.39. The molecule has 2 aromatic rings. The average Bonchev–Trinajstić information content (AvgIpc) is 2.85. The van der Waals surface area contributed by atoms with Crippen LogP contribution in [0.4, 0.5) is 0 Å². The highest BCUT2D eigenvalue weighted by Gasteiger charge is 2.16. The summed E-state index contributed by atoms with van der Waals surface area (Å²) in [5.41, 5.74) is 1.10. The first-order valence-corrected chi connectivity index (χ1v) is 6.82. The molecule has 5 heteroatoms. The van der Waals surface area contributed by atoms with E-state index in [2.05, 4.69) is 10.3 Å². The molecule has 0 fully saturated rings. The zero-order valence-corrected chi connectivity index (χ0v) is 12.4. The molecule has 2 rings (SSSR count). The number of hydrogen-bond acceptors (Lipinski definition) is 5. The zero-order chi connectivity index (χ0) is 13.8. The monoisotopic (exact) mass is 278 g/mol. The van der Waals surface area contributed by atoms with Crippen molar-refractivity contribution in [2.24, 2.45) is 0 Å². The van der Waals surface area contributed by atoms with Crippen molar-refractivity contribution in [1.82, 2.24) is 10.3 Å². The van der Waals surface area contributed by atoms with E-state index in [0.717, 1.165) is 22.1 Å². The molecule has 4 nitrogen and oxygen atoms in total. The molecule has 102 valence electrons. The van der Waals surface area contributed by atoms with Gasteiger partial charge in [0.15, 0.2) is 0 Å². The van der Waals surface area contributed by atoms with Gasteiger partial charge in [-0.15, -0.1) is 11.3 Å². The molecule has 1 aromatic heterocycles. The van der Waals surface area contributed by atoms with Gasteiger partial charge < -0.3 is 14.8 Å². The summed E-state index contributed by atoms with van der Waals surface area (Å²) in [4.78, 5) is 5.49. The number of aryl methyl sites for hydroxylation is 1. The summed E-state index contributed by atoms with van der Waals surface area (Å²) in [6.45, 7) is 2.01. The van der Waals surface area contributed by atoms with Crippen molar-refractivity contribution in [2.45, 2.75) is 13.0 Å². The van der Waals surface area contributed by atoms with E-state index in [1.54, 1.807) is 25.6 Å². The van der Waals surface area contributed by atoms with Gasteiger partial charge >= 0.3 is 0 Å². The smallest absolute Gasteiger partial charge is 0.122 e. The van der Waals surface area contributed by atoms with Gasteiger partial charge in [-0.3, -0.25) is 0 Å². The van der Waals surface area contributed by atoms with Crippen molar-refractivity contribution in [1.29, 1.82) is 0 Å². The van der Waals surface area contributed by atoms with Crippen LogP contribution in [0.2, 0.25) is 0 Å². The first kappa shape index (κ1) is 13.8. The lowest BCUT2D eigenvalue weighted by Crippen LogP contribution is -2.16. The summed E-state index contributed by atoms with van der Waals surface area (Å²) >= 11 is 1.69. The molecule has 0 aliphatic rings. The number of rotatable bonds is 5. The van der Waals surface area contributed by atoms with Gasteiger partial charge in [-0.1, -0.05) is 0 Å². The first-order valence-electron chi connectivity index (χ1n) is 6.00. The van der Waals surface area contributed by atoms with E-state index in [0.29, 0.717) is 0 Å². The van der Waals surface area contributed by atoms with Crippen molar-refractivity contribution in [3.05, 3.63) is 39.8 Å². The lowest BCUT2D eigenvalue weighted by atomic mass is 10.1. The molecular weight excluding hydrogens is 260 g/mol. The maximum Gasteiger partial charge on any atom is 0.122 e. The topological polar surface area (TPSA) is 43.4 Å². The van der Waals surface area contributed by atoms with E-state index in [1.807, 2.05) is 38.4 Å². The summed E-state index contributed by atoms with van der Waals surface area (Å²) in [6, 6.07) is 5.99. The fourth-order valence-electron chi connectivity index (χ4n) is 1.98. The van der Waals surface area contributed by atoms with Crippen molar-refractivity contribution >= 4 is 11.3 Å². The fourth-order valence-corrected chi connectivity index (χ4v) is 2.90. The summed E-state index contributed by atoms with van der Waals surface area (Å²) in [7, 11) is 5.25. The van der Waals surface area contributed by atoms with E-state index in [-0.39, 0.29) is 6.04 Å². The molecule has 0 amide bonds. The van der Waals surface area contributed by atoms with Crippen LogP contribution in [-0.4, -0.2) is 26.3 Å². The van der Waals surface area contributed by atoms with E-state index in [1.165, 1.54) is 4.88 Å². The van der Waals surface area contributed by atoms with Crippen LogP contribution in [0.3, 0.4) is 0 Å². The van der Waals surface area contributed by atoms with E-state index < -0.39 is 0 Å². The van der Waals surface area contributed by atoms with Crippen molar-refractivity contribution in [3.63, 3.8) is 0 Å². The van der Waals surface area contributed by atoms with Crippen LogP contribution in [-0.2, 0) is 0 Å². The highest BCUT2D eigenvalue weighted by molar-refractivity contribution is 7.11. The number of hydrogen-bond donors (Lipinski definition) is 1. The van der Waals surface area contributed by atoms with Crippen LogP contribution in [0, 0.1) is 6.92 Å². The molecule has 1 atom stereocenters. The summed E-state index contributed by atoms with van der Waals surface area (Å²) in [6.07, 6.45) is 1.91. The molecule has 1 aromatic carbocycles. The van der Waals surface area contributed by atoms with Gasteiger partial charge in [-0.05, 0) is 31.7 Å². The summed E-state index contributed by atoms with van der Waals surface area (Å²) in [5, 5.41) is 4.37. The number of nitrogens with one attached hydrogen (secondary N) is 1. The van der Waals surface area contributed by atoms with Gasteiger partial charge in [0, 0.05) is 17.1 Å². The third-order valence-corrected chi connectivity index (χ3v) is 3.90. The summed E-state index contributed by atoms with van der Waals surface area (Å²) < 4.78 is 10.6. The minimum Gasteiger partial charge on any atom is -0.497 e. The predicted octanol–water partition coefficient (Wildman–Crippen LogP) is 2.78. The Morgan fingerprint density at radius 3 is 2.21 bits per heavy atom. The van der Waals surface area contributed by atoms with E-state index in [4.69, 9.17) is 9.47 Å². The normalized spacial score (nSPS) is 12.2. The Morgan fingerprint density at radius 2 is 1.79 bits per heavy atom. The molecule has 19 heavy (non-hydrogen) atoms. The molecule has 0 radical (unpaired) electrons. The third kappa shape index (κ3) is 3.05. The van der Waals surface area contributed by atoms with Gasteiger partial charge in [-0.25, -0.2) is 4.98 Å². The maximum atomic E-state index is 5.31. The molecule has 1 N–H and O–H groups in total. The van der Waals surface area contributed by atoms with Crippen LogP contribution in [0.25, 0.3) is 0 Å². The van der Waals surface area contributed by atoms with Gasteiger partial charge in [0.1, 0.15) is 11.5 Å². The SMILES string of the molecule is CNC(c1cc(OC)cc(OC)c1)c1cnc(C)s1. The quantitative estimate of drug-likeness (QED) is 0.913. The van der Waals surface area contributed by atoms with Crippen molar-refractivity contribution < 1.29 is 9.47 Å². The lowest BCUT2D eigenvalue weighted by Gasteiger charge is -2.16. The third-order valence-electron chi connectivity index (χ3n) is 2.92. The second-order valence-electron chi connectivity index (χ2n) is 4.15. The molecule has 1 heterocycles. The van der Waals surface area contributed by atoms with Gasteiger partial charge in [0.25, 0.3) is 0 Å². The van der Waals surface area contributed by atoms with Crippen LogP contribution in [0.1, 0.15) is 21.5 Å².